The van der Waals surface area contributed by atoms with Gasteiger partial charge in [0.2, 0.25) is 0 Å². The molecule has 0 spiro atoms. The number of nitrogens with one attached hydrogen (secondary N) is 1. The molecule has 1 aromatic carbocycles. The summed E-state index contributed by atoms with van der Waals surface area (Å²) in [7, 11) is 0. The zero-order valence-electron chi connectivity index (χ0n) is 10.8. The summed E-state index contributed by atoms with van der Waals surface area (Å²) in [6.45, 7) is 0.774. The van der Waals surface area contributed by atoms with Crippen molar-refractivity contribution in [2.45, 2.75) is 38.3 Å². The molecule has 0 bridgehead atoms. The molecule has 0 unspecified atom stereocenters. The van der Waals surface area contributed by atoms with Gasteiger partial charge >= 0.3 is 0 Å². The molecule has 2 aromatic rings. The van der Waals surface area contributed by atoms with E-state index in [0.717, 1.165) is 22.4 Å². The summed E-state index contributed by atoms with van der Waals surface area (Å²) in [4.78, 5) is 0. The minimum Gasteiger partial charge on any atom is -0.379 e. The first-order valence-corrected chi connectivity index (χ1v) is 7.64. The van der Waals surface area contributed by atoms with E-state index in [0.29, 0.717) is 6.04 Å². The lowest BCUT2D eigenvalue weighted by molar-refractivity contribution is 0.463. The van der Waals surface area contributed by atoms with Crippen molar-refractivity contribution in [3.8, 4) is 0 Å². The molecule has 19 heavy (non-hydrogen) atoms. The van der Waals surface area contributed by atoms with Crippen molar-refractivity contribution in [2.24, 2.45) is 0 Å². The van der Waals surface area contributed by atoms with E-state index in [-0.39, 0.29) is 0 Å². The molecule has 1 heterocycles. The van der Waals surface area contributed by atoms with Crippen LogP contribution in [0.3, 0.4) is 0 Å². The maximum Gasteiger partial charge on any atom is 0.0815 e. The van der Waals surface area contributed by atoms with E-state index in [2.05, 4.69) is 55.4 Å². The van der Waals surface area contributed by atoms with Gasteiger partial charge in [-0.1, -0.05) is 34.8 Å². The van der Waals surface area contributed by atoms with Crippen LogP contribution in [0.4, 0.5) is 5.69 Å². The number of halogens is 1. The highest BCUT2D eigenvalue weighted by molar-refractivity contribution is 9.10. The molecule has 100 valence electrons. The van der Waals surface area contributed by atoms with Crippen LogP contribution >= 0.6 is 15.9 Å². The number of hydrogen-bond donors (Lipinski definition) is 1. The minimum absolute atomic E-state index is 0.625. The van der Waals surface area contributed by atoms with Crippen LogP contribution in [0.25, 0.3) is 0 Å². The third-order valence-corrected chi connectivity index (χ3v) is 4.15. The standard InChI is InChI=1S/C15H18BrN3/c16-12-4-3-5-13(10-12)17-11-14-8-9-19(18-14)15-6-1-2-7-15/h3-5,8-10,15,17H,1-2,6-7,11H2. The molecule has 0 atom stereocenters. The van der Waals surface area contributed by atoms with E-state index < -0.39 is 0 Å². The van der Waals surface area contributed by atoms with Gasteiger partial charge in [0, 0.05) is 16.4 Å². The summed E-state index contributed by atoms with van der Waals surface area (Å²) in [5, 5.41) is 8.07. The smallest absolute Gasteiger partial charge is 0.0815 e. The second kappa shape index (κ2) is 5.78. The second-order valence-electron chi connectivity index (χ2n) is 5.09. The van der Waals surface area contributed by atoms with Crippen LogP contribution in [0.15, 0.2) is 41.0 Å². The average Bonchev–Trinajstić information content (AvgIpc) is 3.07. The number of benzene rings is 1. The van der Waals surface area contributed by atoms with Crippen molar-refractivity contribution in [3.63, 3.8) is 0 Å². The van der Waals surface area contributed by atoms with Gasteiger partial charge in [-0.25, -0.2) is 0 Å². The van der Waals surface area contributed by atoms with Crippen LogP contribution in [0, 0.1) is 0 Å². The molecule has 3 rings (SSSR count). The van der Waals surface area contributed by atoms with Crippen LogP contribution in [0.2, 0.25) is 0 Å². The van der Waals surface area contributed by atoms with Crippen LogP contribution in [-0.4, -0.2) is 9.78 Å². The molecule has 1 aliphatic rings. The lowest BCUT2D eigenvalue weighted by atomic mass is 10.3. The normalized spacial score (nSPS) is 15.8. The topological polar surface area (TPSA) is 29.9 Å². The fourth-order valence-electron chi connectivity index (χ4n) is 2.63. The van der Waals surface area contributed by atoms with Crippen molar-refractivity contribution in [2.75, 3.05) is 5.32 Å². The van der Waals surface area contributed by atoms with Gasteiger partial charge in [-0.15, -0.1) is 0 Å². The Morgan fingerprint density at radius 2 is 2.11 bits per heavy atom. The first kappa shape index (κ1) is 12.7. The molecule has 4 heteroatoms. The Morgan fingerprint density at radius 3 is 2.89 bits per heavy atom. The Balaban J connectivity index is 1.61. The average molecular weight is 320 g/mol. The maximum atomic E-state index is 4.67. The fraction of sp³-hybridized carbons (Fsp3) is 0.400. The van der Waals surface area contributed by atoms with Crippen molar-refractivity contribution in [1.29, 1.82) is 0 Å². The van der Waals surface area contributed by atoms with E-state index in [4.69, 9.17) is 0 Å². The monoisotopic (exact) mass is 319 g/mol. The molecule has 1 aromatic heterocycles. The van der Waals surface area contributed by atoms with Crippen LogP contribution in [-0.2, 0) is 6.54 Å². The third kappa shape index (κ3) is 3.18. The highest BCUT2D eigenvalue weighted by Crippen LogP contribution is 2.28. The summed E-state index contributed by atoms with van der Waals surface area (Å²) in [6.07, 6.45) is 7.36. The van der Waals surface area contributed by atoms with Gasteiger partial charge in [0.15, 0.2) is 0 Å². The molecule has 0 radical (unpaired) electrons. The third-order valence-electron chi connectivity index (χ3n) is 3.66. The lowest BCUT2D eigenvalue weighted by Gasteiger charge is -2.09. The zero-order valence-corrected chi connectivity index (χ0v) is 12.4. The Morgan fingerprint density at radius 1 is 1.26 bits per heavy atom. The molecule has 1 aliphatic carbocycles. The summed E-state index contributed by atoms with van der Waals surface area (Å²) in [6, 6.07) is 10.9. The highest BCUT2D eigenvalue weighted by atomic mass is 79.9. The van der Waals surface area contributed by atoms with E-state index >= 15 is 0 Å². The number of nitrogens with zero attached hydrogens (tertiary/aromatic N) is 2. The highest BCUT2D eigenvalue weighted by Gasteiger charge is 2.17. The van der Waals surface area contributed by atoms with Crippen LogP contribution in [0.5, 0.6) is 0 Å². The minimum atomic E-state index is 0.625. The quantitative estimate of drug-likeness (QED) is 0.906. The number of anilines is 1. The Bertz CT molecular complexity index is 544. The van der Waals surface area contributed by atoms with E-state index in [9.17, 15) is 0 Å². The van der Waals surface area contributed by atoms with Crippen molar-refractivity contribution >= 4 is 21.6 Å². The molecule has 3 nitrogen and oxygen atoms in total. The zero-order chi connectivity index (χ0) is 13.1. The van der Waals surface area contributed by atoms with Crippen molar-refractivity contribution in [1.82, 2.24) is 9.78 Å². The Hall–Kier alpha value is -1.29. The Kier molecular flexibility index (Phi) is 3.87. The van der Waals surface area contributed by atoms with Gasteiger partial charge in [-0.05, 0) is 37.1 Å². The number of rotatable bonds is 4. The van der Waals surface area contributed by atoms with Crippen LogP contribution in [0.1, 0.15) is 37.4 Å². The fourth-order valence-corrected chi connectivity index (χ4v) is 3.03. The molecule has 1 saturated carbocycles. The maximum absolute atomic E-state index is 4.67. The van der Waals surface area contributed by atoms with Gasteiger partial charge in [0.1, 0.15) is 0 Å². The Labute approximate surface area is 122 Å². The summed E-state index contributed by atoms with van der Waals surface area (Å²) in [5.74, 6) is 0. The van der Waals surface area contributed by atoms with Gasteiger partial charge in [-0.3, -0.25) is 4.68 Å². The molecular formula is C15H18BrN3. The summed E-state index contributed by atoms with van der Waals surface area (Å²) in [5.41, 5.74) is 2.22. The first-order chi connectivity index (χ1) is 9.31. The second-order valence-corrected chi connectivity index (χ2v) is 6.00. The van der Waals surface area contributed by atoms with Gasteiger partial charge in [0.05, 0.1) is 18.3 Å². The van der Waals surface area contributed by atoms with Crippen LogP contribution < -0.4 is 5.32 Å². The SMILES string of the molecule is Brc1cccc(NCc2ccn(C3CCCC3)n2)c1. The molecular weight excluding hydrogens is 302 g/mol. The predicted molar refractivity (Wildman–Crippen MR) is 81.2 cm³/mol. The predicted octanol–water partition coefficient (Wildman–Crippen LogP) is 4.37. The van der Waals surface area contributed by atoms with Crippen molar-refractivity contribution in [3.05, 3.63) is 46.7 Å². The largest absolute Gasteiger partial charge is 0.379 e. The number of aromatic nitrogens is 2. The first-order valence-electron chi connectivity index (χ1n) is 6.85. The van der Waals surface area contributed by atoms with E-state index in [1.807, 2.05) is 12.1 Å². The van der Waals surface area contributed by atoms with Gasteiger partial charge < -0.3 is 5.32 Å². The molecule has 0 amide bonds. The number of hydrogen-bond acceptors (Lipinski definition) is 2. The summed E-state index contributed by atoms with van der Waals surface area (Å²) < 4.78 is 3.24. The molecule has 0 saturated heterocycles. The summed E-state index contributed by atoms with van der Waals surface area (Å²) >= 11 is 3.48. The lowest BCUT2D eigenvalue weighted by Crippen LogP contribution is -2.07. The van der Waals surface area contributed by atoms with E-state index in [1.165, 1.54) is 25.7 Å². The van der Waals surface area contributed by atoms with E-state index in [1.54, 1.807) is 0 Å². The molecule has 1 N–H and O–H groups in total. The van der Waals surface area contributed by atoms with Gasteiger partial charge in [-0.2, -0.15) is 5.10 Å². The van der Waals surface area contributed by atoms with Crippen molar-refractivity contribution < 1.29 is 0 Å². The van der Waals surface area contributed by atoms with Gasteiger partial charge in [0.25, 0.3) is 0 Å². The molecule has 0 aliphatic heterocycles. The molecule has 1 fully saturated rings.